The van der Waals surface area contributed by atoms with Gasteiger partial charge in [-0.1, -0.05) is 0 Å². The van der Waals surface area contributed by atoms with Gasteiger partial charge in [-0.25, -0.2) is 9.37 Å². The first-order valence-corrected chi connectivity index (χ1v) is 8.38. The van der Waals surface area contributed by atoms with Gasteiger partial charge in [-0.2, -0.15) is 0 Å². The van der Waals surface area contributed by atoms with Crippen molar-refractivity contribution in [3.63, 3.8) is 0 Å². The molecule has 1 unspecified atom stereocenters. The van der Waals surface area contributed by atoms with E-state index in [1.807, 2.05) is 0 Å². The summed E-state index contributed by atoms with van der Waals surface area (Å²) < 4.78 is 19.6. The quantitative estimate of drug-likeness (QED) is 0.820. The van der Waals surface area contributed by atoms with Crippen LogP contribution in [-0.4, -0.2) is 59.7 Å². The van der Waals surface area contributed by atoms with Gasteiger partial charge in [-0.15, -0.1) is 0 Å². The number of halogens is 1. The van der Waals surface area contributed by atoms with Crippen LogP contribution in [0.3, 0.4) is 0 Å². The molecule has 6 nitrogen and oxygen atoms in total. The highest BCUT2D eigenvalue weighted by Gasteiger charge is 2.16. The van der Waals surface area contributed by atoms with Crippen LogP contribution in [0.1, 0.15) is 30.1 Å². The number of hydrogen-bond acceptors (Lipinski definition) is 4. The van der Waals surface area contributed by atoms with Crippen molar-refractivity contribution < 1.29 is 13.9 Å². The van der Waals surface area contributed by atoms with E-state index in [0.717, 1.165) is 39.1 Å². The van der Waals surface area contributed by atoms with Gasteiger partial charge < -0.3 is 19.9 Å². The van der Waals surface area contributed by atoms with Gasteiger partial charge >= 0.3 is 0 Å². The zero-order chi connectivity index (χ0) is 16.9. The minimum atomic E-state index is -0.539. The summed E-state index contributed by atoms with van der Waals surface area (Å²) in [5.41, 5.74) is 1.20. The molecule has 2 N–H and O–H groups in total. The van der Waals surface area contributed by atoms with Crippen LogP contribution < -0.4 is 5.32 Å². The molecular formula is C17H23FN4O2. The van der Waals surface area contributed by atoms with E-state index in [-0.39, 0.29) is 11.7 Å². The van der Waals surface area contributed by atoms with Crippen molar-refractivity contribution >= 4 is 16.9 Å². The summed E-state index contributed by atoms with van der Waals surface area (Å²) in [5, 5.41) is 2.79. The van der Waals surface area contributed by atoms with Gasteiger partial charge in [0, 0.05) is 32.3 Å². The van der Waals surface area contributed by atoms with Crippen LogP contribution in [0, 0.1) is 5.82 Å². The highest BCUT2D eigenvalue weighted by molar-refractivity contribution is 5.97. The molecule has 1 aromatic heterocycles. The molecule has 24 heavy (non-hydrogen) atoms. The summed E-state index contributed by atoms with van der Waals surface area (Å²) in [6.07, 6.45) is 3.59. The van der Waals surface area contributed by atoms with E-state index in [1.165, 1.54) is 18.5 Å². The fourth-order valence-corrected chi connectivity index (χ4v) is 3.01. The highest BCUT2D eigenvalue weighted by atomic mass is 19.1. The first-order valence-electron chi connectivity index (χ1n) is 8.38. The molecule has 130 valence electrons. The van der Waals surface area contributed by atoms with E-state index in [0.29, 0.717) is 17.6 Å². The van der Waals surface area contributed by atoms with Crippen LogP contribution >= 0.6 is 0 Å². The lowest BCUT2D eigenvalue weighted by Gasteiger charge is -2.21. The third kappa shape index (κ3) is 4.10. The number of imidazole rings is 1. The number of carbonyl (C=O) groups is 1. The van der Waals surface area contributed by atoms with E-state index in [4.69, 9.17) is 4.74 Å². The normalized spacial score (nSPS) is 19.3. The van der Waals surface area contributed by atoms with Gasteiger partial charge in [0.2, 0.25) is 0 Å². The lowest BCUT2D eigenvalue weighted by molar-refractivity contribution is 0.0675. The maximum Gasteiger partial charge on any atom is 0.254 e. The van der Waals surface area contributed by atoms with Crippen molar-refractivity contribution in [2.45, 2.75) is 25.9 Å². The third-order valence-electron chi connectivity index (χ3n) is 4.23. The molecule has 7 heteroatoms. The monoisotopic (exact) mass is 334 g/mol. The second-order valence-corrected chi connectivity index (χ2v) is 6.20. The maximum atomic E-state index is 14.0. The molecule has 1 atom stereocenters. The van der Waals surface area contributed by atoms with E-state index in [2.05, 4.69) is 27.1 Å². The lowest BCUT2D eigenvalue weighted by Crippen LogP contribution is -2.33. The standard InChI is InChI=1S/C17H23FN4O2/c1-12-10-22(6-3-7-24-12)5-2-4-19-17(23)13-8-15-16(9-14(13)18)21-11-20-15/h8-9,11-12H,2-7,10H2,1H3,(H,19,23)(H,20,21). The lowest BCUT2D eigenvalue weighted by atomic mass is 10.1. The molecule has 0 bridgehead atoms. The van der Waals surface area contributed by atoms with Crippen molar-refractivity contribution in [3.05, 3.63) is 29.8 Å². The Labute approximate surface area is 140 Å². The Hall–Kier alpha value is -1.99. The molecule has 1 aliphatic heterocycles. The van der Waals surface area contributed by atoms with E-state index < -0.39 is 11.7 Å². The Morgan fingerprint density at radius 3 is 3.29 bits per heavy atom. The summed E-state index contributed by atoms with van der Waals surface area (Å²) >= 11 is 0. The van der Waals surface area contributed by atoms with E-state index in [1.54, 1.807) is 0 Å². The number of ether oxygens (including phenoxy) is 1. The number of hydrogen-bond donors (Lipinski definition) is 2. The number of aromatic amines is 1. The topological polar surface area (TPSA) is 70.2 Å². The summed E-state index contributed by atoms with van der Waals surface area (Å²) in [6.45, 7) is 6.23. The van der Waals surface area contributed by atoms with Crippen LogP contribution in [0.15, 0.2) is 18.5 Å². The second kappa shape index (κ2) is 7.72. The smallest absolute Gasteiger partial charge is 0.254 e. The molecule has 0 aliphatic carbocycles. The first kappa shape index (κ1) is 16.9. The largest absolute Gasteiger partial charge is 0.377 e. The van der Waals surface area contributed by atoms with Crippen LogP contribution in [0.25, 0.3) is 11.0 Å². The van der Waals surface area contributed by atoms with Crippen molar-refractivity contribution in [3.8, 4) is 0 Å². The molecule has 3 rings (SSSR count). The van der Waals surface area contributed by atoms with Gasteiger partial charge in [0.05, 0.1) is 29.0 Å². The Morgan fingerprint density at radius 1 is 1.54 bits per heavy atom. The van der Waals surface area contributed by atoms with Gasteiger partial charge in [0.15, 0.2) is 0 Å². The van der Waals surface area contributed by atoms with Crippen molar-refractivity contribution in [2.24, 2.45) is 0 Å². The molecule has 1 fully saturated rings. The van der Waals surface area contributed by atoms with Crippen LogP contribution in [0.5, 0.6) is 0 Å². The van der Waals surface area contributed by atoms with Crippen LogP contribution in [0.2, 0.25) is 0 Å². The highest BCUT2D eigenvalue weighted by Crippen LogP contribution is 2.16. The number of benzene rings is 1. The van der Waals surface area contributed by atoms with Gasteiger partial charge in [-0.3, -0.25) is 4.79 Å². The second-order valence-electron chi connectivity index (χ2n) is 6.20. The van der Waals surface area contributed by atoms with Crippen molar-refractivity contribution in [2.75, 3.05) is 32.8 Å². The molecule has 0 spiro atoms. The fourth-order valence-electron chi connectivity index (χ4n) is 3.01. The summed E-state index contributed by atoms with van der Waals surface area (Å²) in [4.78, 5) is 21.4. The number of rotatable bonds is 5. The molecule has 0 radical (unpaired) electrons. The third-order valence-corrected chi connectivity index (χ3v) is 4.23. The summed E-state index contributed by atoms with van der Waals surface area (Å²) in [5.74, 6) is -0.937. The molecule has 1 aliphatic rings. The minimum absolute atomic E-state index is 0.0337. The molecular weight excluding hydrogens is 311 g/mol. The molecule has 1 saturated heterocycles. The molecule has 0 saturated carbocycles. The number of nitrogens with zero attached hydrogens (tertiary/aromatic N) is 2. The zero-order valence-corrected chi connectivity index (χ0v) is 13.8. The summed E-state index contributed by atoms with van der Waals surface area (Å²) in [7, 11) is 0. The van der Waals surface area contributed by atoms with Crippen LogP contribution in [0.4, 0.5) is 4.39 Å². The zero-order valence-electron chi connectivity index (χ0n) is 13.8. The fraction of sp³-hybridized carbons (Fsp3) is 0.529. The van der Waals surface area contributed by atoms with Crippen molar-refractivity contribution in [1.29, 1.82) is 0 Å². The number of H-pyrrole nitrogens is 1. The van der Waals surface area contributed by atoms with Gasteiger partial charge in [-0.05, 0) is 32.4 Å². The van der Waals surface area contributed by atoms with Gasteiger partial charge in [0.25, 0.3) is 5.91 Å². The Morgan fingerprint density at radius 2 is 2.42 bits per heavy atom. The Balaban J connectivity index is 1.49. The summed E-state index contributed by atoms with van der Waals surface area (Å²) in [6, 6.07) is 2.78. The van der Waals surface area contributed by atoms with Crippen molar-refractivity contribution in [1.82, 2.24) is 20.2 Å². The average molecular weight is 334 g/mol. The van der Waals surface area contributed by atoms with Crippen LogP contribution in [-0.2, 0) is 4.74 Å². The van der Waals surface area contributed by atoms with E-state index in [9.17, 15) is 9.18 Å². The molecule has 1 amide bonds. The Bertz CT molecular complexity index is 703. The number of amides is 1. The van der Waals surface area contributed by atoms with Gasteiger partial charge in [0.1, 0.15) is 5.82 Å². The minimum Gasteiger partial charge on any atom is -0.377 e. The maximum absolute atomic E-state index is 14.0. The Kier molecular flexibility index (Phi) is 5.42. The van der Waals surface area contributed by atoms with E-state index >= 15 is 0 Å². The predicted octanol–water partition coefficient (Wildman–Crippen LogP) is 1.93. The molecule has 2 heterocycles. The first-order chi connectivity index (χ1) is 11.6. The number of aromatic nitrogens is 2. The predicted molar refractivity (Wildman–Crippen MR) is 89.5 cm³/mol. The number of fused-ring (bicyclic) bond motifs is 1. The number of nitrogens with one attached hydrogen (secondary N) is 2. The average Bonchev–Trinajstić information content (AvgIpc) is 2.90. The SMILES string of the molecule is CC1CN(CCCNC(=O)c2cc3nc[nH]c3cc2F)CCCO1. The molecule has 1 aromatic carbocycles. The number of carbonyl (C=O) groups excluding carboxylic acids is 1. The molecule has 2 aromatic rings.